The predicted octanol–water partition coefficient (Wildman–Crippen LogP) is 1.66. The van der Waals surface area contributed by atoms with Crippen LogP contribution in [0.1, 0.15) is 102 Å². The van der Waals surface area contributed by atoms with Gasteiger partial charge in [0, 0.05) is 59.1 Å². The van der Waals surface area contributed by atoms with Gasteiger partial charge in [-0.3, -0.25) is 38.5 Å². The Kier molecular flexibility index (Phi) is 13.3. The van der Waals surface area contributed by atoms with E-state index in [1.54, 1.807) is 6.92 Å². The van der Waals surface area contributed by atoms with Crippen LogP contribution in [0.25, 0.3) is 0 Å². The molecule has 6 rings (SSSR count). The fraction of sp³-hybridized carbons (Fsp3) is 0.600. The van der Waals surface area contributed by atoms with Crippen LogP contribution in [0.15, 0.2) is 41.5 Å². The zero-order chi connectivity index (χ0) is 49.0. The number of carbonyl (C=O) groups excluding carboxylic acids is 8. The molecule has 0 amide bonds. The van der Waals surface area contributed by atoms with Gasteiger partial charge in [0.2, 0.25) is 5.56 Å². The molecule has 1 N–H and O–H groups in total. The topological polar surface area (TPSA) is 275 Å². The lowest BCUT2D eigenvalue weighted by atomic mass is 9.45. The average Bonchev–Trinajstić information content (AvgIpc) is 3.45. The van der Waals surface area contributed by atoms with Crippen molar-refractivity contribution in [2.45, 2.75) is 129 Å². The summed E-state index contributed by atoms with van der Waals surface area (Å²) in [5.41, 5.74) is -11.4. The van der Waals surface area contributed by atoms with Gasteiger partial charge in [-0.25, -0.2) is 9.59 Å². The van der Waals surface area contributed by atoms with Crippen molar-refractivity contribution in [1.82, 2.24) is 9.55 Å². The van der Waals surface area contributed by atoms with Crippen LogP contribution in [-0.4, -0.2) is 129 Å². The largest absolute Gasteiger partial charge is 0.464 e. The molecule has 2 aliphatic carbocycles. The number of hydrogen-bond acceptors (Lipinski definition) is 20. The summed E-state index contributed by atoms with van der Waals surface area (Å²) in [5.74, 6) is -13.1. The second-order valence-corrected chi connectivity index (χ2v) is 18.0. The summed E-state index contributed by atoms with van der Waals surface area (Å²) in [5, 5.41) is 13.8. The highest BCUT2D eigenvalue weighted by Crippen LogP contribution is 2.70. The van der Waals surface area contributed by atoms with E-state index in [1.165, 1.54) is 53.1 Å². The van der Waals surface area contributed by atoms with Gasteiger partial charge in [0.05, 0.1) is 34.6 Å². The van der Waals surface area contributed by atoms with Gasteiger partial charge in [-0.2, -0.15) is 0 Å². The number of nitrogens with zero attached hydrogens (tertiary/aromatic N) is 2. The summed E-state index contributed by atoms with van der Waals surface area (Å²) in [7, 11) is 1.35. The lowest BCUT2D eigenvalue weighted by molar-refractivity contribution is -0.386. The van der Waals surface area contributed by atoms with Gasteiger partial charge in [-0.15, -0.1) is 0 Å². The van der Waals surface area contributed by atoms with Gasteiger partial charge in [0.1, 0.15) is 42.0 Å². The first-order valence-corrected chi connectivity index (χ1v) is 21.2. The second-order valence-electron chi connectivity index (χ2n) is 18.0. The molecular formula is C45H54N2O19. The highest BCUT2D eigenvalue weighted by Gasteiger charge is 2.92. The molecule has 2 aromatic rings. The van der Waals surface area contributed by atoms with E-state index >= 15 is 0 Å². The number of aryl methyl sites for hydroxylation is 1. The third-order valence-corrected chi connectivity index (χ3v) is 13.1. The molecule has 21 heteroatoms. The van der Waals surface area contributed by atoms with Crippen LogP contribution in [0, 0.1) is 23.2 Å². The maximum atomic E-state index is 14.7. The third-order valence-electron chi connectivity index (χ3n) is 13.1. The number of fused-ring (bicyclic) bond motifs is 5. The summed E-state index contributed by atoms with van der Waals surface area (Å²) < 4.78 is 57.0. The van der Waals surface area contributed by atoms with E-state index in [9.17, 15) is 48.3 Å². The van der Waals surface area contributed by atoms with E-state index in [0.717, 1.165) is 57.5 Å². The Morgan fingerprint density at radius 1 is 0.833 bits per heavy atom. The lowest BCUT2D eigenvalue weighted by Gasteiger charge is -2.67. The molecule has 0 unspecified atom stereocenters. The van der Waals surface area contributed by atoms with Crippen molar-refractivity contribution in [1.29, 1.82) is 0 Å². The first-order valence-electron chi connectivity index (χ1n) is 21.2. The Balaban J connectivity index is 1.81. The van der Waals surface area contributed by atoms with Gasteiger partial charge in [-0.1, -0.05) is 27.7 Å². The summed E-state index contributed by atoms with van der Waals surface area (Å²) >= 11 is 0. The fourth-order valence-corrected chi connectivity index (χ4v) is 10.1. The van der Waals surface area contributed by atoms with Gasteiger partial charge in [-0.05, 0) is 32.0 Å². The molecule has 4 aliphatic rings. The molecule has 66 heavy (non-hydrogen) atoms. The second kappa shape index (κ2) is 17.9. The van der Waals surface area contributed by atoms with Crippen LogP contribution in [0.3, 0.4) is 0 Å². The van der Waals surface area contributed by atoms with Crippen LogP contribution >= 0.6 is 0 Å². The fourth-order valence-electron chi connectivity index (χ4n) is 10.1. The van der Waals surface area contributed by atoms with Crippen molar-refractivity contribution >= 4 is 47.8 Å². The van der Waals surface area contributed by atoms with E-state index < -0.39 is 149 Å². The van der Waals surface area contributed by atoms with Gasteiger partial charge < -0.3 is 52.3 Å². The number of esters is 8. The van der Waals surface area contributed by atoms with E-state index in [4.69, 9.17) is 42.6 Å². The zero-order valence-electron chi connectivity index (χ0n) is 38.3. The van der Waals surface area contributed by atoms with E-state index in [0.29, 0.717) is 0 Å². The van der Waals surface area contributed by atoms with Crippen molar-refractivity contribution in [3.05, 3.63) is 63.8 Å². The number of rotatable bonds is 9. The quantitative estimate of drug-likeness (QED) is 0.277. The van der Waals surface area contributed by atoms with Crippen molar-refractivity contribution in [2.75, 3.05) is 13.2 Å². The van der Waals surface area contributed by atoms with Crippen molar-refractivity contribution in [3.63, 3.8) is 0 Å². The number of ether oxygens (including phenoxy) is 9. The van der Waals surface area contributed by atoms with Crippen LogP contribution in [0.4, 0.5) is 0 Å². The number of aliphatic hydroxyl groups is 1. The normalized spacial score (nSPS) is 34.7. The minimum Gasteiger partial charge on any atom is -0.464 e. The molecule has 4 heterocycles. The molecular weight excluding hydrogens is 872 g/mol. The predicted molar refractivity (Wildman–Crippen MR) is 220 cm³/mol. The molecule has 21 nitrogen and oxygen atoms in total. The standard InChI is InChI=1S/C45H54N2O19/c1-20(2)38(53)59-19-44-36(62-25(7)50)32(60-23(5)48)30-34(61-24(6)49)45(44)43(10,57)35(33(37(44)63-26(8)51)64-40(55)27-14-15-29(52)47(11)17-27)65-39(54)22(4)21(3)31-28(13-12-16-46-31)41(56)58-18-42(30,9)66-45/h12-17,20-22,30,32-37,57H,18-19H2,1-11H3/t21-,22+,30-,32-,33+,34-,35+,36-,37+,42+,43+,44-,45+/m1/s1. The Morgan fingerprint density at radius 3 is 2.00 bits per heavy atom. The number of cyclic esters (lactones) is 1. The third kappa shape index (κ3) is 8.09. The molecule has 358 valence electrons. The molecule has 4 bridgehead atoms. The van der Waals surface area contributed by atoms with Crippen molar-refractivity contribution in [2.24, 2.45) is 30.2 Å². The molecule has 2 saturated carbocycles. The van der Waals surface area contributed by atoms with Crippen LogP contribution < -0.4 is 5.56 Å². The van der Waals surface area contributed by atoms with E-state index in [-0.39, 0.29) is 16.8 Å². The van der Waals surface area contributed by atoms with Gasteiger partial charge in [0.15, 0.2) is 30.0 Å². The Hall–Kier alpha value is -6.22. The van der Waals surface area contributed by atoms with Crippen LogP contribution in [0.5, 0.6) is 0 Å². The molecule has 1 saturated heterocycles. The Bertz CT molecular complexity index is 2390. The van der Waals surface area contributed by atoms with Crippen LogP contribution in [0.2, 0.25) is 0 Å². The smallest absolute Gasteiger partial charge is 0.340 e. The molecule has 2 aliphatic heterocycles. The summed E-state index contributed by atoms with van der Waals surface area (Å²) in [6.45, 7) is 10.4. The van der Waals surface area contributed by atoms with Gasteiger partial charge >= 0.3 is 47.8 Å². The first kappa shape index (κ1) is 49.2. The highest BCUT2D eigenvalue weighted by atomic mass is 16.7. The van der Waals surface area contributed by atoms with Crippen molar-refractivity contribution < 1.29 is 86.1 Å². The lowest BCUT2D eigenvalue weighted by Crippen LogP contribution is -2.89. The van der Waals surface area contributed by atoms with Crippen molar-refractivity contribution in [3.8, 4) is 0 Å². The SMILES string of the molecule is CC(=O)O[C@@H]1[C@@H]2[C@@H](OC(C)=O)[C@@]34O[C@@]2(C)COC(=O)c2cccnc2[C@H](C)[C@H](C)C(=O)O[C@@H]([C@H](OC(=O)c2ccc(=O)n(C)c2)[C@H](OC(C)=O)[C@@]3(COC(=O)C(C)C)[C@@H]1OC(C)=O)[C@]4(C)O. The Labute approximate surface area is 378 Å². The minimum absolute atomic E-state index is 0.0728. The van der Waals surface area contributed by atoms with E-state index in [2.05, 4.69) is 4.98 Å². The first-order chi connectivity index (χ1) is 30.7. The summed E-state index contributed by atoms with van der Waals surface area (Å²) in [4.78, 5) is 128. The molecule has 0 aromatic carbocycles. The summed E-state index contributed by atoms with van der Waals surface area (Å²) in [6.07, 6.45) is -10.2. The number of hydrogen-bond donors (Lipinski definition) is 1. The highest BCUT2D eigenvalue weighted by molar-refractivity contribution is 5.91. The number of carbonyl (C=O) groups is 8. The van der Waals surface area contributed by atoms with E-state index in [1.807, 2.05) is 0 Å². The maximum absolute atomic E-state index is 14.7. The molecule has 1 spiro atoms. The molecule has 3 fully saturated rings. The molecule has 13 atom stereocenters. The maximum Gasteiger partial charge on any atom is 0.340 e. The Morgan fingerprint density at radius 2 is 1.42 bits per heavy atom. The number of aromatic nitrogens is 2. The molecule has 0 radical (unpaired) electrons. The zero-order valence-corrected chi connectivity index (χ0v) is 38.3. The molecule has 2 aromatic heterocycles. The summed E-state index contributed by atoms with van der Waals surface area (Å²) in [6, 6.07) is 5.05. The average molecular weight is 927 g/mol. The van der Waals surface area contributed by atoms with Gasteiger partial charge in [0.25, 0.3) is 0 Å². The number of pyridine rings is 2. The minimum atomic E-state index is -2.94. The monoisotopic (exact) mass is 926 g/mol. The van der Waals surface area contributed by atoms with Crippen LogP contribution in [-0.2, 0) is 78.4 Å².